The van der Waals surface area contributed by atoms with Crippen LogP contribution in [0.4, 0.5) is 5.69 Å². The summed E-state index contributed by atoms with van der Waals surface area (Å²) >= 11 is 1.91. The summed E-state index contributed by atoms with van der Waals surface area (Å²) in [6.45, 7) is 5.99. The number of amides is 1. The molecule has 2 unspecified atom stereocenters. The molecule has 0 spiro atoms. The Morgan fingerprint density at radius 1 is 1.25 bits per heavy atom. The maximum atomic E-state index is 11.0. The zero-order chi connectivity index (χ0) is 15.0. The highest BCUT2D eigenvalue weighted by atomic mass is 32.2. The third-order valence-electron chi connectivity index (χ3n) is 3.28. The van der Waals surface area contributed by atoms with E-state index in [0.717, 1.165) is 12.1 Å². The van der Waals surface area contributed by atoms with Gasteiger partial charge in [0.2, 0.25) is 5.91 Å². The van der Waals surface area contributed by atoms with Gasteiger partial charge in [-0.25, -0.2) is 0 Å². The van der Waals surface area contributed by atoms with Gasteiger partial charge in [-0.3, -0.25) is 4.79 Å². The van der Waals surface area contributed by atoms with Crippen molar-refractivity contribution in [1.29, 1.82) is 0 Å². The molecule has 0 aliphatic heterocycles. The normalized spacial score (nSPS) is 13.8. The minimum absolute atomic E-state index is 0.0324. The van der Waals surface area contributed by atoms with Gasteiger partial charge in [-0.2, -0.15) is 0 Å². The van der Waals surface area contributed by atoms with Crippen molar-refractivity contribution in [2.45, 2.75) is 56.2 Å². The van der Waals surface area contributed by atoms with Gasteiger partial charge in [-0.15, -0.1) is 11.8 Å². The number of nitrogens with one attached hydrogen (secondary N) is 2. The van der Waals surface area contributed by atoms with Crippen LogP contribution in [-0.4, -0.2) is 24.2 Å². The Balaban J connectivity index is 2.67. The Bertz CT molecular complexity index is 405. The van der Waals surface area contributed by atoms with Crippen LogP contribution in [0.2, 0.25) is 0 Å². The monoisotopic (exact) mass is 294 g/mol. The van der Waals surface area contributed by atoms with Gasteiger partial charge in [-0.05, 0) is 44.2 Å². The van der Waals surface area contributed by atoms with E-state index in [-0.39, 0.29) is 5.91 Å². The summed E-state index contributed by atoms with van der Waals surface area (Å²) in [6.07, 6.45) is 3.54. The molecule has 0 aliphatic carbocycles. The van der Waals surface area contributed by atoms with E-state index >= 15 is 0 Å². The molecule has 20 heavy (non-hydrogen) atoms. The number of rotatable bonds is 8. The molecule has 112 valence electrons. The van der Waals surface area contributed by atoms with E-state index in [9.17, 15) is 4.79 Å². The smallest absolute Gasteiger partial charge is 0.221 e. The second-order valence-corrected chi connectivity index (χ2v) is 6.27. The first-order valence-corrected chi connectivity index (χ1v) is 8.20. The van der Waals surface area contributed by atoms with Crippen molar-refractivity contribution in [1.82, 2.24) is 5.32 Å². The molecule has 0 saturated carbocycles. The van der Waals surface area contributed by atoms with E-state index in [2.05, 4.69) is 36.6 Å². The second kappa shape index (κ2) is 9.03. The molecule has 1 aromatic carbocycles. The van der Waals surface area contributed by atoms with E-state index < -0.39 is 0 Å². The third kappa shape index (κ3) is 5.55. The predicted octanol–water partition coefficient (Wildman–Crippen LogP) is 3.90. The van der Waals surface area contributed by atoms with Crippen LogP contribution < -0.4 is 10.6 Å². The summed E-state index contributed by atoms with van der Waals surface area (Å²) in [4.78, 5) is 12.2. The quantitative estimate of drug-likeness (QED) is 0.714. The summed E-state index contributed by atoms with van der Waals surface area (Å²) in [7, 11) is 2.05. The van der Waals surface area contributed by atoms with Gasteiger partial charge < -0.3 is 10.6 Å². The Labute approximate surface area is 126 Å². The van der Waals surface area contributed by atoms with Gasteiger partial charge in [-0.1, -0.05) is 20.3 Å². The molecule has 0 aliphatic rings. The van der Waals surface area contributed by atoms with E-state index in [1.54, 1.807) is 0 Å². The third-order valence-corrected chi connectivity index (χ3v) is 4.79. The standard InChI is InChI=1S/C16H26N2OS/c1-5-7-15(17-4)16(6-2)20-14-10-8-13(9-11-14)18-12(3)19/h8-11,15-17H,5-7H2,1-4H3,(H,18,19). The van der Waals surface area contributed by atoms with Gasteiger partial charge in [0.25, 0.3) is 0 Å². The van der Waals surface area contributed by atoms with Crippen molar-refractivity contribution in [2.24, 2.45) is 0 Å². The highest BCUT2D eigenvalue weighted by Gasteiger charge is 2.18. The van der Waals surface area contributed by atoms with Crippen molar-refractivity contribution < 1.29 is 4.79 Å². The van der Waals surface area contributed by atoms with Crippen LogP contribution in [-0.2, 0) is 4.79 Å². The van der Waals surface area contributed by atoms with E-state index in [1.807, 2.05) is 30.9 Å². The van der Waals surface area contributed by atoms with E-state index in [1.165, 1.54) is 24.7 Å². The average molecular weight is 294 g/mol. The molecule has 1 rings (SSSR count). The maximum Gasteiger partial charge on any atom is 0.221 e. The average Bonchev–Trinajstić information content (AvgIpc) is 2.44. The second-order valence-electron chi connectivity index (χ2n) is 4.95. The minimum Gasteiger partial charge on any atom is -0.326 e. The lowest BCUT2D eigenvalue weighted by atomic mass is 10.1. The summed E-state index contributed by atoms with van der Waals surface area (Å²) in [5, 5.41) is 6.80. The Morgan fingerprint density at radius 3 is 2.35 bits per heavy atom. The molecule has 0 bridgehead atoms. The molecule has 0 radical (unpaired) electrons. The first-order chi connectivity index (χ1) is 9.60. The number of carbonyl (C=O) groups excluding carboxylic acids is 1. The molecule has 0 fully saturated rings. The Morgan fingerprint density at radius 2 is 1.90 bits per heavy atom. The molecule has 1 amide bonds. The van der Waals surface area contributed by atoms with Crippen LogP contribution in [0.5, 0.6) is 0 Å². The van der Waals surface area contributed by atoms with Crippen LogP contribution in [0.1, 0.15) is 40.0 Å². The highest BCUT2D eigenvalue weighted by Crippen LogP contribution is 2.29. The van der Waals surface area contributed by atoms with Crippen molar-refractivity contribution in [2.75, 3.05) is 12.4 Å². The lowest BCUT2D eigenvalue weighted by Crippen LogP contribution is -2.35. The highest BCUT2D eigenvalue weighted by molar-refractivity contribution is 8.00. The molecule has 3 nitrogen and oxygen atoms in total. The van der Waals surface area contributed by atoms with Crippen LogP contribution in [0.25, 0.3) is 0 Å². The number of thioether (sulfide) groups is 1. The molecule has 2 N–H and O–H groups in total. The van der Waals surface area contributed by atoms with Gasteiger partial charge in [0.05, 0.1) is 0 Å². The number of hydrogen-bond acceptors (Lipinski definition) is 3. The zero-order valence-corrected chi connectivity index (χ0v) is 13.7. The van der Waals surface area contributed by atoms with Crippen LogP contribution in [0, 0.1) is 0 Å². The molecular weight excluding hydrogens is 268 g/mol. The Kier molecular flexibility index (Phi) is 7.70. The number of anilines is 1. The fourth-order valence-electron chi connectivity index (χ4n) is 2.27. The number of benzene rings is 1. The van der Waals surface area contributed by atoms with E-state index in [4.69, 9.17) is 0 Å². The van der Waals surface area contributed by atoms with Crippen molar-refractivity contribution in [3.63, 3.8) is 0 Å². The maximum absolute atomic E-state index is 11.0. The minimum atomic E-state index is -0.0324. The first kappa shape index (κ1) is 17.1. The van der Waals surface area contributed by atoms with Crippen molar-refractivity contribution in [3.8, 4) is 0 Å². The summed E-state index contributed by atoms with van der Waals surface area (Å²) in [5.74, 6) is -0.0324. The molecule has 2 atom stereocenters. The molecular formula is C16H26N2OS. The molecule has 0 saturated heterocycles. The molecule has 0 aromatic heterocycles. The van der Waals surface area contributed by atoms with Crippen molar-refractivity contribution >= 4 is 23.4 Å². The van der Waals surface area contributed by atoms with Gasteiger partial charge >= 0.3 is 0 Å². The van der Waals surface area contributed by atoms with Crippen LogP contribution >= 0.6 is 11.8 Å². The fourth-order valence-corrected chi connectivity index (χ4v) is 3.52. The zero-order valence-electron chi connectivity index (χ0n) is 12.9. The summed E-state index contributed by atoms with van der Waals surface area (Å²) in [5.41, 5.74) is 0.855. The van der Waals surface area contributed by atoms with Crippen molar-refractivity contribution in [3.05, 3.63) is 24.3 Å². The SMILES string of the molecule is CCCC(NC)C(CC)Sc1ccc(NC(C)=O)cc1. The fraction of sp³-hybridized carbons (Fsp3) is 0.562. The predicted molar refractivity (Wildman–Crippen MR) is 88.4 cm³/mol. The largest absolute Gasteiger partial charge is 0.326 e. The lowest BCUT2D eigenvalue weighted by molar-refractivity contribution is -0.114. The van der Waals surface area contributed by atoms with Gasteiger partial charge in [0, 0.05) is 28.8 Å². The lowest BCUT2D eigenvalue weighted by Gasteiger charge is -2.25. The topological polar surface area (TPSA) is 41.1 Å². The van der Waals surface area contributed by atoms with Crippen LogP contribution in [0.3, 0.4) is 0 Å². The number of hydrogen-bond donors (Lipinski definition) is 2. The van der Waals surface area contributed by atoms with Gasteiger partial charge in [0.15, 0.2) is 0 Å². The molecule has 1 aromatic rings. The number of carbonyl (C=O) groups is 1. The molecule has 0 heterocycles. The first-order valence-electron chi connectivity index (χ1n) is 7.32. The Hall–Kier alpha value is -1.00. The summed E-state index contributed by atoms with van der Waals surface area (Å²) in [6, 6.07) is 8.63. The molecule has 4 heteroatoms. The van der Waals surface area contributed by atoms with E-state index in [0.29, 0.717) is 11.3 Å². The van der Waals surface area contributed by atoms with Crippen LogP contribution in [0.15, 0.2) is 29.2 Å². The van der Waals surface area contributed by atoms with Gasteiger partial charge in [0.1, 0.15) is 0 Å². The summed E-state index contributed by atoms with van der Waals surface area (Å²) < 4.78 is 0.